The molecule has 1 aliphatic rings. The lowest BCUT2D eigenvalue weighted by atomic mass is 10.1. The SMILES string of the molecule is COc1ccc(CCC(=O)N2CCC[C@H]2c2nc3ccccc3n2C)cc1. The number of aromatic nitrogens is 2. The monoisotopic (exact) mass is 363 g/mol. The van der Waals surface area contributed by atoms with Gasteiger partial charge in [0.15, 0.2) is 0 Å². The largest absolute Gasteiger partial charge is 0.497 e. The number of aryl methyl sites for hydroxylation is 2. The van der Waals surface area contributed by atoms with Crippen LogP contribution in [-0.4, -0.2) is 34.0 Å². The summed E-state index contributed by atoms with van der Waals surface area (Å²) in [5, 5.41) is 0. The average Bonchev–Trinajstić information content (AvgIpc) is 3.31. The van der Waals surface area contributed by atoms with Gasteiger partial charge in [0, 0.05) is 20.0 Å². The van der Waals surface area contributed by atoms with E-state index in [1.165, 1.54) is 0 Å². The van der Waals surface area contributed by atoms with E-state index >= 15 is 0 Å². The molecular formula is C22H25N3O2. The average molecular weight is 363 g/mol. The van der Waals surface area contributed by atoms with Gasteiger partial charge in [-0.25, -0.2) is 4.98 Å². The number of amides is 1. The number of ether oxygens (including phenoxy) is 1. The first-order valence-electron chi connectivity index (χ1n) is 9.51. The molecule has 27 heavy (non-hydrogen) atoms. The van der Waals surface area contributed by atoms with E-state index in [9.17, 15) is 4.79 Å². The van der Waals surface area contributed by atoms with Gasteiger partial charge in [-0.1, -0.05) is 24.3 Å². The molecule has 1 amide bonds. The number of fused-ring (bicyclic) bond motifs is 1. The summed E-state index contributed by atoms with van der Waals surface area (Å²) < 4.78 is 7.32. The molecule has 2 heterocycles. The number of para-hydroxylation sites is 2. The highest BCUT2D eigenvalue weighted by molar-refractivity contribution is 5.78. The summed E-state index contributed by atoms with van der Waals surface area (Å²) in [6.45, 7) is 0.815. The molecule has 0 saturated carbocycles. The van der Waals surface area contributed by atoms with Gasteiger partial charge in [-0.15, -0.1) is 0 Å². The molecule has 1 aromatic heterocycles. The maximum Gasteiger partial charge on any atom is 0.223 e. The number of methoxy groups -OCH3 is 1. The van der Waals surface area contributed by atoms with Crippen molar-refractivity contribution in [3.8, 4) is 5.75 Å². The van der Waals surface area contributed by atoms with Gasteiger partial charge in [0.25, 0.3) is 0 Å². The molecule has 1 atom stereocenters. The van der Waals surface area contributed by atoms with Crippen LogP contribution in [-0.2, 0) is 18.3 Å². The van der Waals surface area contributed by atoms with Gasteiger partial charge in [-0.2, -0.15) is 0 Å². The second kappa shape index (κ2) is 7.43. The van der Waals surface area contributed by atoms with E-state index in [2.05, 4.69) is 10.6 Å². The molecule has 2 aromatic carbocycles. The quantitative estimate of drug-likeness (QED) is 0.691. The molecule has 4 rings (SSSR count). The number of carbonyl (C=O) groups is 1. The Morgan fingerprint density at radius 2 is 1.96 bits per heavy atom. The van der Waals surface area contributed by atoms with Crippen molar-refractivity contribution in [2.45, 2.75) is 31.7 Å². The molecule has 3 aromatic rings. The van der Waals surface area contributed by atoms with Crippen molar-refractivity contribution < 1.29 is 9.53 Å². The summed E-state index contributed by atoms with van der Waals surface area (Å²) in [6.07, 6.45) is 3.27. The number of rotatable bonds is 5. The molecule has 0 aliphatic carbocycles. The fraction of sp³-hybridized carbons (Fsp3) is 0.364. The Kier molecular flexibility index (Phi) is 4.84. The molecule has 0 bridgehead atoms. The highest BCUT2D eigenvalue weighted by Gasteiger charge is 2.32. The molecule has 1 aliphatic heterocycles. The van der Waals surface area contributed by atoms with Crippen molar-refractivity contribution in [1.29, 1.82) is 0 Å². The van der Waals surface area contributed by atoms with Crippen LogP contribution in [0.15, 0.2) is 48.5 Å². The van der Waals surface area contributed by atoms with E-state index in [1.807, 2.05) is 54.4 Å². The molecule has 5 heteroatoms. The van der Waals surface area contributed by atoms with Crippen LogP contribution in [0.4, 0.5) is 0 Å². The first-order chi connectivity index (χ1) is 13.2. The number of hydrogen-bond donors (Lipinski definition) is 0. The van der Waals surface area contributed by atoms with Gasteiger partial charge in [0.2, 0.25) is 5.91 Å². The summed E-state index contributed by atoms with van der Waals surface area (Å²) in [6, 6.07) is 16.2. The van der Waals surface area contributed by atoms with Crippen LogP contribution in [0.3, 0.4) is 0 Å². The van der Waals surface area contributed by atoms with Crippen LogP contribution in [0.5, 0.6) is 5.75 Å². The smallest absolute Gasteiger partial charge is 0.223 e. The van der Waals surface area contributed by atoms with Gasteiger partial charge in [-0.3, -0.25) is 4.79 Å². The van der Waals surface area contributed by atoms with E-state index in [0.29, 0.717) is 6.42 Å². The Morgan fingerprint density at radius 3 is 2.70 bits per heavy atom. The fourth-order valence-corrected chi connectivity index (χ4v) is 3.98. The van der Waals surface area contributed by atoms with Crippen molar-refractivity contribution >= 4 is 16.9 Å². The predicted molar refractivity (Wildman–Crippen MR) is 106 cm³/mol. The summed E-state index contributed by atoms with van der Waals surface area (Å²) >= 11 is 0. The van der Waals surface area contributed by atoms with Crippen molar-refractivity contribution in [3.05, 3.63) is 59.9 Å². The minimum Gasteiger partial charge on any atom is -0.497 e. The molecule has 0 spiro atoms. The van der Waals surface area contributed by atoms with Crippen LogP contribution in [0.1, 0.15) is 36.7 Å². The van der Waals surface area contributed by atoms with Crippen molar-refractivity contribution in [2.75, 3.05) is 13.7 Å². The lowest BCUT2D eigenvalue weighted by molar-refractivity contribution is -0.132. The van der Waals surface area contributed by atoms with E-state index < -0.39 is 0 Å². The molecule has 0 unspecified atom stereocenters. The zero-order chi connectivity index (χ0) is 18.8. The van der Waals surface area contributed by atoms with Gasteiger partial charge in [0.1, 0.15) is 11.6 Å². The van der Waals surface area contributed by atoms with Gasteiger partial charge < -0.3 is 14.2 Å². The second-order valence-corrected chi connectivity index (χ2v) is 7.11. The molecule has 0 N–H and O–H groups in total. The first kappa shape index (κ1) is 17.6. The van der Waals surface area contributed by atoms with E-state index in [0.717, 1.165) is 54.0 Å². The van der Waals surface area contributed by atoms with Crippen LogP contribution in [0.25, 0.3) is 11.0 Å². The van der Waals surface area contributed by atoms with Crippen LogP contribution < -0.4 is 4.74 Å². The number of imidazole rings is 1. The fourth-order valence-electron chi connectivity index (χ4n) is 3.98. The zero-order valence-corrected chi connectivity index (χ0v) is 15.9. The Labute approximate surface area is 159 Å². The number of benzene rings is 2. The van der Waals surface area contributed by atoms with Crippen molar-refractivity contribution in [1.82, 2.24) is 14.5 Å². The number of likely N-dealkylation sites (tertiary alicyclic amines) is 1. The van der Waals surface area contributed by atoms with Crippen molar-refractivity contribution in [2.24, 2.45) is 7.05 Å². The third-order valence-corrected chi connectivity index (χ3v) is 5.48. The second-order valence-electron chi connectivity index (χ2n) is 7.11. The first-order valence-corrected chi connectivity index (χ1v) is 9.51. The number of hydrogen-bond acceptors (Lipinski definition) is 3. The van der Waals surface area contributed by atoms with Gasteiger partial charge >= 0.3 is 0 Å². The maximum atomic E-state index is 12.9. The molecule has 5 nitrogen and oxygen atoms in total. The minimum absolute atomic E-state index is 0.0748. The Bertz CT molecular complexity index is 946. The van der Waals surface area contributed by atoms with Crippen LogP contribution >= 0.6 is 0 Å². The zero-order valence-electron chi connectivity index (χ0n) is 15.9. The molecule has 140 valence electrons. The lowest BCUT2D eigenvalue weighted by Crippen LogP contribution is -2.32. The van der Waals surface area contributed by atoms with Crippen LogP contribution in [0.2, 0.25) is 0 Å². The normalized spacial score (nSPS) is 16.8. The molecular weight excluding hydrogens is 338 g/mol. The predicted octanol–water partition coefficient (Wildman–Crippen LogP) is 3.88. The summed E-state index contributed by atoms with van der Waals surface area (Å²) in [5.41, 5.74) is 3.26. The Hall–Kier alpha value is -2.82. The number of carbonyl (C=O) groups excluding carboxylic acids is 1. The Balaban J connectivity index is 1.48. The maximum absolute atomic E-state index is 12.9. The highest BCUT2D eigenvalue weighted by Crippen LogP contribution is 2.33. The number of nitrogens with zero attached hydrogens (tertiary/aromatic N) is 3. The van der Waals surface area contributed by atoms with E-state index in [1.54, 1.807) is 7.11 Å². The van der Waals surface area contributed by atoms with E-state index in [-0.39, 0.29) is 11.9 Å². The third-order valence-electron chi connectivity index (χ3n) is 5.48. The Morgan fingerprint density at radius 1 is 1.19 bits per heavy atom. The summed E-state index contributed by atoms with van der Waals surface area (Å²) in [7, 11) is 3.70. The third kappa shape index (κ3) is 3.42. The molecule has 1 fully saturated rings. The molecule has 0 radical (unpaired) electrons. The summed E-state index contributed by atoms with van der Waals surface area (Å²) in [4.78, 5) is 19.8. The lowest BCUT2D eigenvalue weighted by Gasteiger charge is -2.24. The molecule has 1 saturated heterocycles. The topological polar surface area (TPSA) is 47.4 Å². The van der Waals surface area contributed by atoms with Gasteiger partial charge in [-0.05, 0) is 49.1 Å². The van der Waals surface area contributed by atoms with E-state index in [4.69, 9.17) is 9.72 Å². The van der Waals surface area contributed by atoms with Crippen LogP contribution in [0, 0.1) is 0 Å². The standard InChI is InChI=1S/C22H25N3O2/c1-24-19-7-4-3-6-18(19)23-22(24)20-8-5-15-25(20)21(26)14-11-16-9-12-17(27-2)13-10-16/h3-4,6-7,9-10,12-13,20H,5,8,11,14-15H2,1-2H3/t20-/m0/s1. The minimum atomic E-state index is 0.0748. The van der Waals surface area contributed by atoms with Gasteiger partial charge in [0.05, 0.1) is 24.2 Å². The summed E-state index contributed by atoms with van der Waals surface area (Å²) in [5.74, 6) is 2.04. The van der Waals surface area contributed by atoms with Crippen molar-refractivity contribution in [3.63, 3.8) is 0 Å². The highest BCUT2D eigenvalue weighted by atomic mass is 16.5.